The second-order valence-corrected chi connectivity index (χ2v) is 4.64. The summed E-state index contributed by atoms with van der Waals surface area (Å²) in [4.78, 5) is 11.2. The van der Waals surface area contributed by atoms with Crippen molar-refractivity contribution < 1.29 is 14.3 Å². The zero-order chi connectivity index (χ0) is 12.2. The van der Waals surface area contributed by atoms with E-state index in [0.29, 0.717) is 19.8 Å². The molecule has 0 aliphatic rings. The smallest absolute Gasteiger partial charge is 0.160 e. The van der Waals surface area contributed by atoms with Gasteiger partial charge < -0.3 is 9.47 Å². The number of ether oxygens (including phenoxy) is 2. The van der Waals surface area contributed by atoms with Gasteiger partial charge in [-0.05, 0) is 17.4 Å². The van der Waals surface area contributed by atoms with Crippen molar-refractivity contribution >= 4 is 28.4 Å². The molecule has 16 heavy (non-hydrogen) atoms. The third kappa shape index (κ3) is 10.8. The molecule has 0 heterocycles. The van der Waals surface area contributed by atoms with Gasteiger partial charge in [-0.15, -0.1) is 0 Å². The molecule has 0 bridgehead atoms. The quantitative estimate of drug-likeness (QED) is 0.258. The highest BCUT2D eigenvalue weighted by Crippen LogP contribution is 1.96. The summed E-state index contributed by atoms with van der Waals surface area (Å²) < 4.78 is 13.5. The van der Waals surface area contributed by atoms with E-state index < -0.39 is 0 Å². The number of carbonyl (C=O) groups excluding carboxylic acids is 1. The molecule has 0 aromatic carbocycles. The number of rotatable bonds is 11. The molecule has 0 saturated carbocycles. The first-order valence-electron chi connectivity index (χ1n) is 5.40. The maximum atomic E-state index is 11.2. The van der Waals surface area contributed by atoms with Crippen molar-refractivity contribution in [2.45, 2.75) is 20.3 Å². The van der Waals surface area contributed by atoms with Crippen molar-refractivity contribution in [3.8, 4) is 0 Å². The SMILES string of the molecule is CC(C)C(=O)COCCOCCCNSS. The van der Waals surface area contributed by atoms with E-state index in [0.717, 1.165) is 13.0 Å². The Morgan fingerprint density at radius 2 is 2.00 bits per heavy atom. The molecule has 0 aliphatic carbocycles. The molecule has 0 rings (SSSR count). The van der Waals surface area contributed by atoms with Crippen LogP contribution < -0.4 is 4.72 Å². The van der Waals surface area contributed by atoms with Crippen molar-refractivity contribution in [3.63, 3.8) is 0 Å². The van der Waals surface area contributed by atoms with Crippen LogP contribution >= 0.6 is 22.6 Å². The second-order valence-electron chi connectivity index (χ2n) is 3.63. The summed E-state index contributed by atoms with van der Waals surface area (Å²) in [5.74, 6) is 0.181. The molecule has 0 aromatic rings. The van der Waals surface area contributed by atoms with Crippen molar-refractivity contribution in [2.24, 2.45) is 5.92 Å². The van der Waals surface area contributed by atoms with Crippen LogP contribution in [0.3, 0.4) is 0 Å². The summed E-state index contributed by atoms with van der Waals surface area (Å²) in [6.07, 6.45) is 0.943. The van der Waals surface area contributed by atoms with E-state index in [2.05, 4.69) is 16.4 Å². The fraction of sp³-hybridized carbons (Fsp3) is 0.900. The first-order valence-corrected chi connectivity index (χ1v) is 7.26. The highest BCUT2D eigenvalue weighted by Gasteiger charge is 2.06. The Hall–Kier alpha value is 0.250. The standard InChI is InChI=1S/C10H21NO3S2/c1-9(2)10(12)8-14-7-6-13-5-3-4-11-16-15/h9,11,15H,3-8H2,1-2H3. The lowest BCUT2D eigenvalue weighted by molar-refractivity contribution is -0.127. The molecule has 0 aliphatic heterocycles. The molecule has 0 fully saturated rings. The van der Waals surface area contributed by atoms with Crippen molar-refractivity contribution in [3.05, 3.63) is 0 Å². The Morgan fingerprint density at radius 1 is 1.31 bits per heavy atom. The molecular formula is C10H21NO3S2. The lowest BCUT2D eigenvalue weighted by atomic mass is 10.1. The third-order valence-electron chi connectivity index (χ3n) is 1.89. The van der Waals surface area contributed by atoms with Gasteiger partial charge in [0, 0.05) is 19.1 Å². The second kappa shape index (κ2) is 11.7. The van der Waals surface area contributed by atoms with E-state index in [4.69, 9.17) is 9.47 Å². The lowest BCUT2D eigenvalue weighted by Gasteiger charge is -2.06. The van der Waals surface area contributed by atoms with Crippen molar-refractivity contribution in [1.82, 2.24) is 4.72 Å². The number of hydrogen-bond acceptors (Lipinski definition) is 6. The van der Waals surface area contributed by atoms with E-state index in [1.807, 2.05) is 13.8 Å². The van der Waals surface area contributed by atoms with E-state index in [9.17, 15) is 4.79 Å². The molecule has 4 nitrogen and oxygen atoms in total. The van der Waals surface area contributed by atoms with Gasteiger partial charge >= 0.3 is 0 Å². The summed E-state index contributed by atoms with van der Waals surface area (Å²) >= 11 is 3.94. The Labute approximate surface area is 107 Å². The van der Waals surface area contributed by atoms with E-state index >= 15 is 0 Å². The average Bonchev–Trinajstić information content (AvgIpc) is 2.26. The highest BCUT2D eigenvalue weighted by molar-refractivity contribution is 8.67. The minimum Gasteiger partial charge on any atom is -0.379 e. The van der Waals surface area contributed by atoms with Gasteiger partial charge in [0.05, 0.1) is 13.2 Å². The molecule has 1 N–H and O–H groups in total. The van der Waals surface area contributed by atoms with Gasteiger partial charge in [-0.25, -0.2) is 0 Å². The average molecular weight is 267 g/mol. The van der Waals surface area contributed by atoms with Gasteiger partial charge in [0.1, 0.15) is 6.61 Å². The van der Waals surface area contributed by atoms with E-state index in [-0.39, 0.29) is 18.3 Å². The number of nitrogens with one attached hydrogen (secondary N) is 1. The van der Waals surface area contributed by atoms with Gasteiger partial charge in [0.25, 0.3) is 0 Å². The monoisotopic (exact) mass is 267 g/mol. The number of carbonyl (C=O) groups is 1. The first kappa shape index (κ1) is 16.2. The Kier molecular flexibility index (Phi) is 11.9. The predicted molar refractivity (Wildman–Crippen MR) is 70.7 cm³/mol. The van der Waals surface area contributed by atoms with Crippen molar-refractivity contribution in [1.29, 1.82) is 0 Å². The lowest BCUT2D eigenvalue weighted by Crippen LogP contribution is -2.17. The maximum Gasteiger partial charge on any atom is 0.160 e. The summed E-state index contributed by atoms with van der Waals surface area (Å²) in [7, 11) is 1.31. The molecule has 0 aromatic heterocycles. The van der Waals surface area contributed by atoms with E-state index in [1.165, 1.54) is 11.0 Å². The van der Waals surface area contributed by atoms with Gasteiger partial charge in [-0.2, -0.15) is 0 Å². The summed E-state index contributed by atoms with van der Waals surface area (Å²) in [6.45, 7) is 6.53. The molecule has 0 amide bonds. The molecule has 0 spiro atoms. The largest absolute Gasteiger partial charge is 0.379 e. The summed E-state index contributed by atoms with van der Waals surface area (Å²) in [5.41, 5.74) is 0. The van der Waals surface area contributed by atoms with Gasteiger partial charge in [0.15, 0.2) is 5.78 Å². The number of Topliss-reactive ketones (excluding diaryl/α,β-unsaturated/α-hetero) is 1. The molecular weight excluding hydrogens is 246 g/mol. The Bertz CT molecular complexity index is 179. The number of ketones is 1. The van der Waals surface area contributed by atoms with Crippen LogP contribution in [0.1, 0.15) is 20.3 Å². The van der Waals surface area contributed by atoms with Crippen LogP contribution in [0.4, 0.5) is 0 Å². The van der Waals surface area contributed by atoms with Crippen LogP contribution in [0.2, 0.25) is 0 Å². The molecule has 96 valence electrons. The molecule has 0 unspecified atom stereocenters. The van der Waals surface area contributed by atoms with Crippen molar-refractivity contribution in [2.75, 3.05) is 33.0 Å². The number of hydrogen-bond donors (Lipinski definition) is 2. The maximum absolute atomic E-state index is 11.2. The third-order valence-corrected chi connectivity index (χ3v) is 2.61. The summed E-state index contributed by atoms with van der Waals surface area (Å²) in [5, 5.41) is 0. The first-order chi connectivity index (χ1) is 7.68. The van der Waals surface area contributed by atoms with Gasteiger partial charge in [0.2, 0.25) is 0 Å². The van der Waals surface area contributed by atoms with Gasteiger partial charge in [-0.1, -0.05) is 25.5 Å². The Balaban J connectivity index is 3.07. The molecule has 0 atom stereocenters. The molecule has 6 heteroatoms. The van der Waals surface area contributed by atoms with Crippen LogP contribution in [-0.4, -0.2) is 38.8 Å². The molecule has 0 radical (unpaired) electrons. The van der Waals surface area contributed by atoms with Crippen LogP contribution in [-0.2, 0) is 14.3 Å². The molecule has 0 saturated heterocycles. The highest BCUT2D eigenvalue weighted by atomic mass is 33.1. The van der Waals surface area contributed by atoms with E-state index in [1.54, 1.807) is 0 Å². The topological polar surface area (TPSA) is 47.6 Å². The van der Waals surface area contributed by atoms with Gasteiger partial charge in [-0.3, -0.25) is 9.52 Å². The zero-order valence-electron chi connectivity index (χ0n) is 9.90. The predicted octanol–water partition coefficient (Wildman–Crippen LogP) is 1.72. The minimum atomic E-state index is 0.0470. The van der Waals surface area contributed by atoms with Crippen LogP contribution in [0.5, 0.6) is 0 Å². The Morgan fingerprint density at radius 3 is 2.62 bits per heavy atom. The zero-order valence-corrected chi connectivity index (χ0v) is 11.6. The number of thiol groups is 1. The minimum absolute atomic E-state index is 0.0470. The van der Waals surface area contributed by atoms with Crippen LogP contribution in [0, 0.1) is 5.92 Å². The van der Waals surface area contributed by atoms with Crippen LogP contribution in [0.25, 0.3) is 0 Å². The van der Waals surface area contributed by atoms with Crippen LogP contribution in [0.15, 0.2) is 0 Å². The normalized spacial score (nSPS) is 11.0. The fourth-order valence-electron chi connectivity index (χ4n) is 0.851. The fourth-order valence-corrected chi connectivity index (χ4v) is 1.36. The summed E-state index contributed by atoms with van der Waals surface area (Å²) in [6, 6.07) is 0.